The van der Waals surface area contributed by atoms with Gasteiger partial charge in [0, 0.05) is 12.4 Å². The van der Waals surface area contributed by atoms with Gasteiger partial charge in [-0.25, -0.2) is 0 Å². The van der Waals surface area contributed by atoms with Crippen molar-refractivity contribution < 1.29 is 4.79 Å². The van der Waals surface area contributed by atoms with Crippen molar-refractivity contribution in [2.24, 2.45) is 0 Å². The first-order valence-electron chi connectivity index (χ1n) is 2.26. The average Bonchev–Trinajstić information content (AvgIpc) is 2.19. The third kappa shape index (κ3) is 0.932. The highest BCUT2D eigenvalue weighted by atomic mass is 16.1. The molecular formula is C5H5N2O. The molecule has 1 rings (SSSR count). The molecule has 1 aromatic heterocycles. The fourth-order valence-electron chi connectivity index (χ4n) is 0.460. The van der Waals surface area contributed by atoms with E-state index in [9.17, 15) is 4.79 Å². The number of hydrogen-bond donors (Lipinski definition) is 0. The highest BCUT2D eigenvalue weighted by Gasteiger charge is 1.83. The van der Waals surface area contributed by atoms with E-state index in [-0.39, 0.29) is 6.54 Å². The average molecular weight is 109 g/mol. The molecule has 41 valence electrons. The largest absolute Gasteiger partial charge is 0.289 e. The Balaban J connectivity index is 2.62. The molecule has 1 radical (unpaired) electrons. The summed E-state index contributed by atoms with van der Waals surface area (Å²) in [6.45, 7) is 0.229. The van der Waals surface area contributed by atoms with E-state index in [0.29, 0.717) is 0 Å². The van der Waals surface area contributed by atoms with Crippen molar-refractivity contribution in [1.29, 1.82) is 0 Å². The molecule has 0 amide bonds. The number of rotatable bonds is 2. The molecule has 1 aromatic rings. The molecule has 0 aromatic carbocycles. The molecule has 0 bridgehead atoms. The van der Waals surface area contributed by atoms with Gasteiger partial charge in [0.05, 0.1) is 0 Å². The van der Waals surface area contributed by atoms with Gasteiger partial charge in [-0.05, 0) is 6.07 Å². The molecule has 0 aliphatic heterocycles. The SMILES string of the molecule is O=[C]Cn1cccn1. The van der Waals surface area contributed by atoms with E-state index in [1.165, 1.54) is 4.68 Å². The molecule has 1 heterocycles. The molecule has 0 fully saturated rings. The van der Waals surface area contributed by atoms with E-state index < -0.39 is 0 Å². The van der Waals surface area contributed by atoms with Gasteiger partial charge in [-0.15, -0.1) is 0 Å². The van der Waals surface area contributed by atoms with Crippen molar-refractivity contribution in [3.63, 3.8) is 0 Å². The van der Waals surface area contributed by atoms with Crippen molar-refractivity contribution >= 4 is 6.29 Å². The summed E-state index contributed by atoms with van der Waals surface area (Å²) < 4.78 is 1.51. The van der Waals surface area contributed by atoms with E-state index >= 15 is 0 Å². The third-order valence-electron chi connectivity index (χ3n) is 0.786. The highest BCUT2D eigenvalue weighted by molar-refractivity contribution is 5.49. The van der Waals surface area contributed by atoms with Gasteiger partial charge in [-0.2, -0.15) is 5.10 Å². The molecule has 0 aliphatic rings. The third-order valence-corrected chi connectivity index (χ3v) is 0.786. The van der Waals surface area contributed by atoms with Gasteiger partial charge in [0.25, 0.3) is 0 Å². The lowest BCUT2D eigenvalue weighted by Crippen LogP contribution is -1.97. The summed E-state index contributed by atoms with van der Waals surface area (Å²) in [5, 5.41) is 3.76. The molecule has 3 heteroatoms. The van der Waals surface area contributed by atoms with E-state index in [1.807, 2.05) is 0 Å². The lowest BCUT2D eigenvalue weighted by atomic mass is 10.7. The van der Waals surface area contributed by atoms with Crippen molar-refractivity contribution in [3.05, 3.63) is 18.5 Å². The van der Waals surface area contributed by atoms with Gasteiger partial charge in [-0.3, -0.25) is 9.48 Å². The number of hydrogen-bond acceptors (Lipinski definition) is 2. The summed E-state index contributed by atoms with van der Waals surface area (Å²) in [6.07, 6.45) is 5.06. The highest BCUT2D eigenvalue weighted by Crippen LogP contribution is 1.79. The van der Waals surface area contributed by atoms with Crippen molar-refractivity contribution in [2.45, 2.75) is 6.54 Å². The van der Waals surface area contributed by atoms with Gasteiger partial charge >= 0.3 is 0 Å². The Hall–Kier alpha value is -1.12. The predicted octanol–water partition coefficient (Wildman–Crippen LogP) is -0.00720. The Morgan fingerprint density at radius 3 is 3.12 bits per heavy atom. The minimum Gasteiger partial charge on any atom is -0.289 e. The lowest BCUT2D eigenvalue weighted by Gasteiger charge is -1.86. The lowest BCUT2D eigenvalue weighted by molar-refractivity contribution is 0.538. The fourth-order valence-corrected chi connectivity index (χ4v) is 0.460. The maximum atomic E-state index is 9.69. The van der Waals surface area contributed by atoms with E-state index in [2.05, 4.69) is 5.10 Å². The zero-order chi connectivity index (χ0) is 5.82. The van der Waals surface area contributed by atoms with Crippen LogP contribution in [-0.4, -0.2) is 16.1 Å². The van der Waals surface area contributed by atoms with Gasteiger partial charge in [-0.1, -0.05) is 0 Å². The van der Waals surface area contributed by atoms with Crippen LogP contribution in [0.3, 0.4) is 0 Å². The Morgan fingerprint density at radius 1 is 1.75 bits per heavy atom. The van der Waals surface area contributed by atoms with Crippen LogP contribution < -0.4 is 0 Å². The maximum Gasteiger partial charge on any atom is 0.221 e. The molecule has 0 saturated carbocycles. The first kappa shape index (κ1) is 5.03. The Morgan fingerprint density at radius 2 is 2.62 bits per heavy atom. The summed E-state index contributed by atoms with van der Waals surface area (Å²) >= 11 is 0. The molecular weight excluding hydrogens is 104 g/mol. The molecule has 0 atom stereocenters. The second-order valence-corrected chi connectivity index (χ2v) is 1.35. The number of carbonyl (C=O) groups excluding carboxylic acids is 1. The molecule has 0 spiro atoms. The van der Waals surface area contributed by atoms with E-state index in [1.54, 1.807) is 24.7 Å². The van der Waals surface area contributed by atoms with Crippen molar-refractivity contribution in [3.8, 4) is 0 Å². The van der Waals surface area contributed by atoms with Gasteiger partial charge < -0.3 is 0 Å². The smallest absolute Gasteiger partial charge is 0.221 e. The van der Waals surface area contributed by atoms with Crippen molar-refractivity contribution in [2.75, 3.05) is 0 Å². The summed E-state index contributed by atoms with van der Waals surface area (Å²) in [5.41, 5.74) is 0. The summed E-state index contributed by atoms with van der Waals surface area (Å²) in [4.78, 5) is 9.69. The summed E-state index contributed by atoms with van der Waals surface area (Å²) in [5.74, 6) is 0. The standard InChI is InChI=1S/C5H5N2O/c8-5-4-7-3-1-2-6-7/h1-3H,4H2. The van der Waals surface area contributed by atoms with Crippen LogP contribution in [0.4, 0.5) is 0 Å². The number of aromatic nitrogens is 2. The van der Waals surface area contributed by atoms with Gasteiger partial charge in [0.2, 0.25) is 6.29 Å². The second kappa shape index (κ2) is 2.26. The molecule has 8 heavy (non-hydrogen) atoms. The van der Waals surface area contributed by atoms with Crippen LogP contribution in [0, 0.1) is 0 Å². The van der Waals surface area contributed by atoms with Crippen molar-refractivity contribution in [1.82, 2.24) is 9.78 Å². The minimum absolute atomic E-state index is 0.229. The maximum absolute atomic E-state index is 9.69. The molecule has 0 aliphatic carbocycles. The Labute approximate surface area is 46.9 Å². The fraction of sp³-hybridized carbons (Fsp3) is 0.200. The molecule has 0 N–H and O–H groups in total. The summed E-state index contributed by atoms with van der Waals surface area (Å²) in [6, 6.07) is 1.76. The van der Waals surface area contributed by atoms with Crippen LogP contribution in [0.25, 0.3) is 0 Å². The minimum atomic E-state index is 0.229. The molecule has 0 unspecified atom stereocenters. The Bertz CT molecular complexity index is 157. The van der Waals surface area contributed by atoms with Gasteiger partial charge in [0.15, 0.2) is 0 Å². The predicted molar refractivity (Wildman–Crippen MR) is 27.9 cm³/mol. The normalized spacial score (nSPS) is 9.00. The topological polar surface area (TPSA) is 34.9 Å². The van der Waals surface area contributed by atoms with Crippen LogP contribution in [-0.2, 0) is 11.3 Å². The monoisotopic (exact) mass is 109 g/mol. The van der Waals surface area contributed by atoms with Gasteiger partial charge in [0.1, 0.15) is 6.54 Å². The summed E-state index contributed by atoms with van der Waals surface area (Å²) in [7, 11) is 0. The van der Waals surface area contributed by atoms with Crippen LogP contribution in [0.1, 0.15) is 0 Å². The quantitative estimate of drug-likeness (QED) is 0.535. The molecule has 0 saturated heterocycles. The van der Waals surface area contributed by atoms with Crippen LogP contribution in [0.15, 0.2) is 18.5 Å². The Kier molecular flexibility index (Phi) is 1.42. The zero-order valence-corrected chi connectivity index (χ0v) is 4.24. The first-order valence-corrected chi connectivity index (χ1v) is 2.26. The molecule has 3 nitrogen and oxygen atoms in total. The second-order valence-electron chi connectivity index (χ2n) is 1.35. The zero-order valence-electron chi connectivity index (χ0n) is 4.24. The first-order chi connectivity index (χ1) is 3.93. The van der Waals surface area contributed by atoms with E-state index in [0.717, 1.165) is 0 Å². The van der Waals surface area contributed by atoms with E-state index in [4.69, 9.17) is 0 Å². The number of nitrogens with zero attached hydrogens (tertiary/aromatic N) is 2. The van der Waals surface area contributed by atoms with Crippen LogP contribution in [0.2, 0.25) is 0 Å². The van der Waals surface area contributed by atoms with Crippen LogP contribution in [0.5, 0.6) is 0 Å². The van der Waals surface area contributed by atoms with Crippen LogP contribution >= 0.6 is 0 Å².